The summed E-state index contributed by atoms with van der Waals surface area (Å²) in [6, 6.07) is 11.1. The number of rotatable bonds is 2. The van der Waals surface area contributed by atoms with Gasteiger partial charge in [-0.25, -0.2) is 0 Å². The van der Waals surface area contributed by atoms with E-state index < -0.39 is 0 Å². The quantitative estimate of drug-likeness (QED) is 0.761. The Balaban J connectivity index is 1.99. The molecule has 0 aliphatic carbocycles. The fourth-order valence-corrected chi connectivity index (χ4v) is 2.87. The third-order valence-electron chi connectivity index (χ3n) is 2.96. The van der Waals surface area contributed by atoms with Gasteiger partial charge >= 0.3 is 0 Å². The highest BCUT2D eigenvalue weighted by atomic mass is 79.9. The third-order valence-corrected chi connectivity index (χ3v) is 4.00. The summed E-state index contributed by atoms with van der Waals surface area (Å²) in [6.07, 6.45) is 0. The van der Waals surface area contributed by atoms with Crippen molar-refractivity contribution >= 4 is 50.3 Å². The molecule has 1 heterocycles. The van der Waals surface area contributed by atoms with Crippen LogP contribution in [0.4, 0.5) is 5.69 Å². The number of fused-ring (bicyclic) bond motifs is 1. The van der Waals surface area contributed by atoms with Crippen LogP contribution >= 0.6 is 27.7 Å². The smallest absolute Gasteiger partial charge is 0.255 e. The van der Waals surface area contributed by atoms with Crippen molar-refractivity contribution in [3.8, 4) is 0 Å². The Morgan fingerprint density at radius 3 is 2.90 bits per heavy atom. The molecule has 1 N–H and O–H groups in total. The van der Waals surface area contributed by atoms with E-state index in [9.17, 15) is 4.79 Å². The van der Waals surface area contributed by atoms with E-state index in [4.69, 9.17) is 0 Å². The van der Waals surface area contributed by atoms with E-state index >= 15 is 0 Å². The van der Waals surface area contributed by atoms with E-state index in [0.717, 1.165) is 38.5 Å². The van der Waals surface area contributed by atoms with Crippen LogP contribution in [0, 0.1) is 6.92 Å². The first-order valence-corrected chi connectivity index (χ1v) is 7.46. The molecule has 4 nitrogen and oxygen atoms in total. The molecular weight excluding hydrogens is 338 g/mol. The Kier molecular flexibility index (Phi) is 3.50. The van der Waals surface area contributed by atoms with Crippen molar-refractivity contribution in [2.24, 2.45) is 0 Å². The number of aromatic nitrogens is 2. The number of nitrogens with one attached hydrogen (secondary N) is 1. The van der Waals surface area contributed by atoms with Gasteiger partial charge in [-0.3, -0.25) is 4.79 Å². The maximum Gasteiger partial charge on any atom is 0.255 e. The van der Waals surface area contributed by atoms with Gasteiger partial charge in [0.1, 0.15) is 11.0 Å². The first-order chi connectivity index (χ1) is 9.65. The first-order valence-electron chi connectivity index (χ1n) is 5.94. The summed E-state index contributed by atoms with van der Waals surface area (Å²) in [5.41, 5.74) is 3.82. The van der Waals surface area contributed by atoms with Gasteiger partial charge < -0.3 is 5.32 Å². The number of carbonyl (C=O) groups excluding carboxylic acids is 1. The minimum atomic E-state index is -0.157. The molecule has 0 bridgehead atoms. The Morgan fingerprint density at radius 1 is 1.25 bits per heavy atom. The molecular formula is C14H10BrN3OS. The van der Waals surface area contributed by atoms with Gasteiger partial charge in [0.05, 0.1) is 17.4 Å². The number of halogens is 1. The topological polar surface area (TPSA) is 54.9 Å². The molecule has 1 amide bonds. The van der Waals surface area contributed by atoms with Gasteiger partial charge in [-0.2, -0.15) is 8.75 Å². The van der Waals surface area contributed by atoms with Crippen molar-refractivity contribution in [1.82, 2.24) is 8.75 Å². The number of nitrogens with zero attached hydrogens (tertiary/aromatic N) is 2. The van der Waals surface area contributed by atoms with Crippen LogP contribution in [0.2, 0.25) is 0 Å². The third kappa shape index (κ3) is 2.44. The zero-order valence-electron chi connectivity index (χ0n) is 10.6. The highest BCUT2D eigenvalue weighted by Gasteiger charge is 2.13. The van der Waals surface area contributed by atoms with E-state index in [1.54, 1.807) is 12.1 Å². The molecule has 3 rings (SSSR count). The minimum Gasteiger partial charge on any atom is -0.320 e. The number of amides is 1. The van der Waals surface area contributed by atoms with E-state index in [2.05, 4.69) is 30.0 Å². The molecule has 1 aromatic heterocycles. The van der Waals surface area contributed by atoms with E-state index in [0.29, 0.717) is 5.56 Å². The van der Waals surface area contributed by atoms with Crippen LogP contribution in [0.1, 0.15) is 15.9 Å². The standard InChI is InChI=1S/C14H10BrN3OS/c1-8-5-6-11-13(18-20-17-11)12(8)16-14(19)9-3-2-4-10(15)7-9/h2-7H,1H3,(H,16,19). The van der Waals surface area contributed by atoms with E-state index in [-0.39, 0.29) is 5.91 Å². The van der Waals surface area contributed by atoms with Gasteiger partial charge in [-0.1, -0.05) is 28.1 Å². The maximum absolute atomic E-state index is 12.3. The molecule has 0 aliphatic heterocycles. The molecule has 0 unspecified atom stereocenters. The predicted molar refractivity (Wildman–Crippen MR) is 84.2 cm³/mol. The van der Waals surface area contributed by atoms with Crippen molar-refractivity contribution in [2.75, 3.05) is 5.32 Å². The number of hydrogen-bond acceptors (Lipinski definition) is 4. The molecule has 0 atom stereocenters. The van der Waals surface area contributed by atoms with Crippen molar-refractivity contribution in [2.45, 2.75) is 6.92 Å². The van der Waals surface area contributed by atoms with Crippen molar-refractivity contribution in [3.05, 3.63) is 52.0 Å². The number of anilines is 1. The lowest BCUT2D eigenvalue weighted by atomic mass is 10.1. The zero-order chi connectivity index (χ0) is 14.1. The summed E-state index contributed by atoms with van der Waals surface area (Å²) in [6.45, 7) is 1.94. The molecule has 3 aromatic rings. The Hall–Kier alpha value is -1.79. The van der Waals surface area contributed by atoms with Gasteiger partial charge in [0.25, 0.3) is 5.91 Å². The maximum atomic E-state index is 12.3. The van der Waals surface area contributed by atoms with Crippen LogP contribution in [0.3, 0.4) is 0 Å². The monoisotopic (exact) mass is 347 g/mol. The largest absolute Gasteiger partial charge is 0.320 e. The van der Waals surface area contributed by atoms with Crippen molar-refractivity contribution < 1.29 is 4.79 Å². The fraction of sp³-hybridized carbons (Fsp3) is 0.0714. The SMILES string of the molecule is Cc1ccc2nsnc2c1NC(=O)c1cccc(Br)c1. The highest BCUT2D eigenvalue weighted by molar-refractivity contribution is 9.10. The number of benzene rings is 2. The molecule has 0 saturated heterocycles. The van der Waals surface area contributed by atoms with Crippen LogP contribution in [0.5, 0.6) is 0 Å². The summed E-state index contributed by atoms with van der Waals surface area (Å²) >= 11 is 4.51. The lowest BCUT2D eigenvalue weighted by molar-refractivity contribution is 0.102. The molecule has 0 saturated carbocycles. The van der Waals surface area contributed by atoms with Gasteiger partial charge in [-0.15, -0.1) is 0 Å². The molecule has 2 aromatic carbocycles. The molecule has 0 fully saturated rings. The number of aryl methyl sites for hydroxylation is 1. The second-order valence-electron chi connectivity index (χ2n) is 4.35. The number of hydrogen-bond donors (Lipinski definition) is 1. The molecule has 0 spiro atoms. The molecule has 0 radical (unpaired) electrons. The number of carbonyl (C=O) groups is 1. The lowest BCUT2D eigenvalue weighted by Gasteiger charge is -2.09. The molecule has 100 valence electrons. The summed E-state index contributed by atoms with van der Waals surface area (Å²) in [5.74, 6) is -0.157. The predicted octanol–water partition coefficient (Wildman–Crippen LogP) is 4.01. The van der Waals surface area contributed by atoms with Gasteiger partial charge in [0.15, 0.2) is 0 Å². The lowest BCUT2D eigenvalue weighted by Crippen LogP contribution is -2.13. The second-order valence-corrected chi connectivity index (χ2v) is 5.80. The van der Waals surface area contributed by atoms with Gasteiger partial charge in [-0.05, 0) is 36.8 Å². The van der Waals surface area contributed by atoms with Crippen LogP contribution in [-0.2, 0) is 0 Å². The molecule has 20 heavy (non-hydrogen) atoms. The Morgan fingerprint density at radius 2 is 2.10 bits per heavy atom. The summed E-state index contributed by atoms with van der Waals surface area (Å²) in [4.78, 5) is 12.3. The van der Waals surface area contributed by atoms with Crippen LogP contribution in [0.15, 0.2) is 40.9 Å². The van der Waals surface area contributed by atoms with Gasteiger partial charge in [0, 0.05) is 10.0 Å². The zero-order valence-corrected chi connectivity index (χ0v) is 13.0. The van der Waals surface area contributed by atoms with E-state index in [1.165, 1.54) is 0 Å². The van der Waals surface area contributed by atoms with Crippen LogP contribution in [0.25, 0.3) is 11.0 Å². The fourth-order valence-electron chi connectivity index (χ4n) is 1.93. The average molecular weight is 348 g/mol. The van der Waals surface area contributed by atoms with Crippen molar-refractivity contribution in [3.63, 3.8) is 0 Å². The van der Waals surface area contributed by atoms with Crippen molar-refractivity contribution in [1.29, 1.82) is 0 Å². The minimum absolute atomic E-state index is 0.157. The first kappa shape index (κ1) is 13.2. The summed E-state index contributed by atoms with van der Waals surface area (Å²) in [7, 11) is 0. The van der Waals surface area contributed by atoms with Gasteiger partial charge in [0.2, 0.25) is 0 Å². The highest BCUT2D eigenvalue weighted by Crippen LogP contribution is 2.26. The van der Waals surface area contributed by atoms with Crippen LogP contribution < -0.4 is 5.32 Å². The summed E-state index contributed by atoms with van der Waals surface area (Å²) < 4.78 is 9.31. The molecule has 0 aliphatic rings. The normalized spacial score (nSPS) is 10.7. The average Bonchev–Trinajstić information content (AvgIpc) is 2.90. The Bertz CT molecular complexity index is 800. The Labute approximate surface area is 128 Å². The van der Waals surface area contributed by atoms with Crippen LogP contribution in [-0.4, -0.2) is 14.7 Å². The van der Waals surface area contributed by atoms with E-state index in [1.807, 2.05) is 31.2 Å². The second kappa shape index (κ2) is 5.30. The molecule has 6 heteroatoms. The summed E-state index contributed by atoms with van der Waals surface area (Å²) in [5, 5.41) is 2.93.